The molecule has 2 aromatic heterocycles. The van der Waals surface area contributed by atoms with Gasteiger partial charge in [0.1, 0.15) is 5.82 Å². The number of halogens is 2. The second-order valence-corrected chi connectivity index (χ2v) is 7.00. The Labute approximate surface area is 163 Å². The fraction of sp³-hybridized carbons (Fsp3) is 0.111. The van der Waals surface area contributed by atoms with E-state index in [1.54, 1.807) is 12.1 Å². The third-order valence-electron chi connectivity index (χ3n) is 3.84. The minimum atomic E-state index is -0.311. The zero-order chi connectivity index (χ0) is 18.8. The summed E-state index contributed by atoms with van der Waals surface area (Å²) in [7, 11) is 1.87. The molecule has 0 unspecified atom stereocenters. The van der Waals surface area contributed by atoms with E-state index in [0.29, 0.717) is 39.0 Å². The van der Waals surface area contributed by atoms with Gasteiger partial charge in [-0.25, -0.2) is 4.39 Å². The topological polar surface area (TPSA) is 69.6 Å². The molecule has 27 heavy (non-hydrogen) atoms. The average Bonchev–Trinajstić information content (AvgIpc) is 3.28. The van der Waals surface area contributed by atoms with Crippen LogP contribution in [-0.2, 0) is 12.8 Å². The lowest BCUT2D eigenvalue weighted by molar-refractivity contribution is 0.391. The van der Waals surface area contributed by atoms with Crippen molar-refractivity contribution in [2.75, 3.05) is 0 Å². The SMILES string of the molecule is Cn1c(SCc2nc(-c3ccc(F)cc3)no2)nnc1-c1ccccc1Cl. The molecule has 4 aromatic rings. The maximum atomic E-state index is 13.0. The van der Waals surface area contributed by atoms with Crippen LogP contribution in [0.25, 0.3) is 22.8 Å². The Bertz CT molecular complexity index is 1080. The lowest BCUT2D eigenvalue weighted by atomic mass is 10.2. The van der Waals surface area contributed by atoms with E-state index in [-0.39, 0.29) is 5.82 Å². The van der Waals surface area contributed by atoms with Crippen LogP contribution in [0.5, 0.6) is 0 Å². The van der Waals surface area contributed by atoms with Gasteiger partial charge in [0.05, 0.1) is 10.8 Å². The van der Waals surface area contributed by atoms with Crippen LogP contribution in [0, 0.1) is 5.82 Å². The molecule has 0 radical (unpaired) electrons. The molecule has 4 rings (SSSR count). The van der Waals surface area contributed by atoms with Crippen LogP contribution >= 0.6 is 23.4 Å². The number of hydrogen-bond donors (Lipinski definition) is 0. The van der Waals surface area contributed by atoms with Gasteiger partial charge < -0.3 is 9.09 Å². The first kappa shape index (κ1) is 17.7. The molecule has 6 nitrogen and oxygen atoms in total. The summed E-state index contributed by atoms with van der Waals surface area (Å²) in [5.74, 6) is 1.67. The van der Waals surface area contributed by atoms with E-state index >= 15 is 0 Å². The fourth-order valence-corrected chi connectivity index (χ4v) is 3.44. The summed E-state index contributed by atoms with van der Waals surface area (Å²) in [6.07, 6.45) is 0. The highest BCUT2D eigenvalue weighted by Gasteiger charge is 2.15. The maximum Gasteiger partial charge on any atom is 0.237 e. The Morgan fingerprint density at radius 1 is 1.11 bits per heavy atom. The van der Waals surface area contributed by atoms with Gasteiger partial charge in [-0.3, -0.25) is 0 Å². The predicted molar refractivity (Wildman–Crippen MR) is 101 cm³/mol. The number of hydrogen-bond acceptors (Lipinski definition) is 6. The summed E-state index contributed by atoms with van der Waals surface area (Å²) in [5, 5.41) is 13.7. The van der Waals surface area contributed by atoms with Crippen molar-refractivity contribution >= 4 is 23.4 Å². The van der Waals surface area contributed by atoms with Crippen LogP contribution in [0.15, 0.2) is 58.2 Å². The molecule has 0 spiro atoms. The van der Waals surface area contributed by atoms with Gasteiger partial charge in [0.2, 0.25) is 11.7 Å². The van der Waals surface area contributed by atoms with E-state index in [4.69, 9.17) is 16.1 Å². The monoisotopic (exact) mass is 401 g/mol. The highest BCUT2D eigenvalue weighted by atomic mass is 35.5. The van der Waals surface area contributed by atoms with E-state index in [2.05, 4.69) is 20.3 Å². The summed E-state index contributed by atoms with van der Waals surface area (Å²) in [6.45, 7) is 0. The van der Waals surface area contributed by atoms with Crippen LogP contribution in [0.2, 0.25) is 5.02 Å². The predicted octanol–water partition coefficient (Wildman–Crippen LogP) is 4.62. The zero-order valence-corrected chi connectivity index (χ0v) is 15.7. The first-order chi connectivity index (χ1) is 13.1. The van der Waals surface area contributed by atoms with E-state index in [9.17, 15) is 4.39 Å². The summed E-state index contributed by atoms with van der Waals surface area (Å²) in [4.78, 5) is 4.33. The van der Waals surface area contributed by atoms with E-state index in [0.717, 1.165) is 5.56 Å². The number of thioether (sulfide) groups is 1. The second-order valence-electron chi connectivity index (χ2n) is 5.65. The summed E-state index contributed by atoms with van der Waals surface area (Å²) >= 11 is 7.66. The summed E-state index contributed by atoms with van der Waals surface area (Å²) < 4.78 is 20.1. The van der Waals surface area contributed by atoms with Gasteiger partial charge >= 0.3 is 0 Å². The average molecular weight is 402 g/mol. The fourth-order valence-electron chi connectivity index (χ4n) is 2.47. The maximum absolute atomic E-state index is 13.0. The number of aromatic nitrogens is 5. The molecule has 2 heterocycles. The highest BCUT2D eigenvalue weighted by molar-refractivity contribution is 7.98. The molecule has 0 atom stereocenters. The second kappa shape index (κ2) is 7.50. The van der Waals surface area contributed by atoms with Crippen LogP contribution in [0.3, 0.4) is 0 Å². The van der Waals surface area contributed by atoms with Crippen molar-refractivity contribution in [1.29, 1.82) is 0 Å². The Kier molecular flexibility index (Phi) is 4.91. The highest BCUT2D eigenvalue weighted by Crippen LogP contribution is 2.29. The van der Waals surface area contributed by atoms with Gasteiger partial charge in [-0.05, 0) is 36.4 Å². The molecular formula is C18H13ClFN5OS. The standard InChI is InChI=1S/C18H13ClFN5OS/c1-25-17(13-4-2-3-5-14(13)19)22-23-18(25)27-10-15-21-16(24-26-15)11-6-8-12(20)9-7-11/h2-9H,10H2,1H3. The molecule has 9 heteroatoms. The van der Waals surface area contributed by atoms with Gasteiger partial charge in [-0.2, -0.15) is 4.98 Å². The largest absolute Gasteiger partial charge is 0.338 e. The van der Waals surface area contributed by atoms with Crippen molar-refractivity contribution in [3.05, 3.63) is 65.3 Å². The molecule has 0 fully saturated rings. The molecule has 0 amide bonds. The van der Waals surface area contributed by atoms with E-state index in [1.165, 1.54) is 23.9 Å². The lowest BCUT2D eigenvalue weighted by Gasteiger charge is -2.04. The van der Waals surface area contributed by atoms with Crippen LogP contribution < -0.4 is 0 Å². The van der Waals surface area contributed by atoms with Crippen molar-refractivity contribution in [1.82, 2.24) is 24.9 Å². The number of nitrogens with zero attached hydrogens (tertiary/aromatic N) is 5. The number of benzene rings is 2. The number of rotatable bonds is 5. The molecule has 0 N–H and O–H groups in total. The molecule has 0 saturated carbocycles. The van der Waals surface area contributed by atoms with Crippen LogP contribution in [-0.4, -0.2) is 24.9 Å². The molecule has 0 aliphatic rings. The van der Waals surface area contributed by atoms with Crippen LogP contribution in [0.1, 0.15) is 5.89 Å². The van der Waals surface area contributed by atoms with Crippen molar-refractivity contribution in [3.8, 4) is 22.8 Å². The summed E-state index contributed by atoms with van der Waals surface area (Å²) in [6, 6.07) is 13.4. The molecule has 0 bridgehead atoms. The molecular weight excluding hydrogens is 389 g/mol. The lowest BCUT2D eigenvalue weighted by Crippen LogP contribution is -1.95. The molecule has 0 aliphatic carbocycles. The van der Waals surface area contributed by atoms with E-state index in [1.807, 2.05) is 35.9 Å². The zero-order valence-electron chi connectivity index (χ0n) is 14.1. The minimum Gasteiger partial charge on any atom is -0.338 e. The van der Waals surface area contributed by atoms with Gasteiger partial charge in [0, 0.05) is 18.2 Å². The van der Waals surface area contributed by atoms with Gasteiger partial charge in [0.25, 0.3) is 0 Å². The quantitative estimate of drug-likeness (QED) is 0.454. The third kappa shape index (κ3) is 3.72. The van der Waals surface area contributed by atoms with E-state index < -0.39 is 0 Å². The molecule has 136 valence electrons. The molecule has 0 saturated heterocycles. The van der Waals surface area contributed by atoms with Gasteiger partial charge in [0.15, 0.2) is 11.0 Å². The Morgan fingerprint density at radius 3 is 2.67 bits per heavy atom. The Morgan fingerprint density at radius 2 is 1.89 bits per heavy atom. The first-order valence-corrected chi connectivity index (χ1v) is 9.34. The van der Waals surface area contributed by atoms with Crippen molar-refractivity contribution in [2.45, 2.75) is 10.9 Å². The molecule has 0 aliphatic heterocycles. The smallest absolute Gasteiger partial charge is 0.237 e. The van der Waals surface area contributed by atoms with Crippen molar-refractivity contribution in [3.63, 3.8) is 0 Å². The van der Waals surface area contributed by atoms with Crippen LogP contribution in [0.4, 0.5) is 4.39 Å². The van der Waals surface area contributed by atoms with Crippen molar-refractivity contribution < 1.29 is 8.91 Å². The summed E-state index contributed by atoms with van der Waals surface area (Å²) in [5.41, 5.74) is 1.51. The molecule has 2 aromatic carbocycles. The van der Waals surface area contributed by atoms with Gasteiger partial charge in [-0.15, -0.1) is 10.2 Å². The normalized spacial score (nSPS) is 11.1. The minimum absolute atomic E-state index is 0.311. The third-order valence-corrected chi connectivity index (χ3v) is 5.18. The first-order valence-electron chi connectivity index (χ1n) is 7.97. The van der Waals surface area contributed by atoms with Gasteiger partial charge in [-0.1, -0.05) is 40.7 Å². The Hall–Kier alpha value is -2.71. The van der Waals surface area contributed by atoms with Crippen molar-refractivity contribution in [2.24, 2.45) is 7.05 Å². The Balaban J connectivity index is 1.49.